The molecule has 1 aromatic carbocycles. The molecule has 0 spiro atoms. The predicted molar refractivity (Wildman–Crippen MR) is 90.0 cm³/mol. The van der Waals surface area contributed by atoms with Crippen LogP contribution in [0.2, 0.25) is 0 Å². The topological polar surface area (TPSA) is 40.6 Å². The molecule has 2 aliphatic rings. The number of likely N-dealkylation sites (N-methyl/N-ethyl adjacent to an activating group) is 1. The van der Waals surface area contributed by atoms with Crippen LogP contribution in [0.3, 0.4) is 0 Å². The van der Waals surface area contributed by atoms with Gasteiger partial charge in [-0.2, -0.15) is 0 Å². The van der Waals surface area contributed by atoms with E-state index in [1.165, 1.54) is 15.5 Å². The zero-order valence-corrected chi connectivity index (χ0v) is 14.9. The van der Waals surface area contributed by atoms with Gasteiger partial charge in [-0.15, -0.1) is 0 Å². The number of carbonyl (C=O) groups excluding carboxylic acids is 2. The molecule has 0 radical (unpaired) electrons. The van der Waals surface area contributed by atoms with Crippen LogP contribution in [0.25, 0.3) is 0 Å². The molecule has 0 unspecified atom stereocenters. The second-order valence-corrected chi connectivity index (χ2v) is 7.91. The minimum atomic E-state index is -0.392. The van der Waals surface area contributed by atoms with Gasteiger partial charge in [-0.25, -0.2) is 0 Å². The van der Waals surface area contributed by atoms with Gasteiger partial charge >= 0.3 is 140 Å². The van der Waals surface area contributed by atoms with Crippen molar-refractivity contribution < 1.29 is 9.59 Å². The van der Waals surface area contributed by atoms with E-state index in [-0.39, 0.29) is 10.7 Å². The van der Waals surface area contributed by atoms with E-state index in [1.54, 1.807) is 11.8 Å². The third-order valence-electron chi connectivity index (χ3n) is 3.52. The monoisotopic (exact) mass is 380 g/mol. The number of rotatable bonds is 3. The summed E-state index contributed by atoms with van der Waals surface area (Å²) in [4.78, 5) is 28.6. The van der Waals surface area contributed by atoms with Gasteiger partial charge < -0.3 is 0 Å². The van der Waals surface area contributed by atoms with Crippen molar-refractivity contribution in [2.75, 3.05) is 18.0 Å². The van der Waals surface area contributed by atoms with Crippen molar-refractivity contribution in [2.24, 2.45) is 0 Å². The number of nitrogens with zero attached hydrogens (tertiary/aromatic N) is 2. The fourth-order valence-corrected chi connectivity index (χ4v) is 5.34. The summed E-state index contributed by atoms with van der Waals surface area (Å²) in [6.45, 7) is 5.26. The molecule has 0 aromatic heterocycles. The van der Waals surface area contributed by atoms with Gasteiger partial charge in [-0.1, -0.05) is 0 Å². The van der Waals surface area contributed by atoms with Crippen LogP contribution >= 0.6 is 11.8 Å². The zero-order chi connectivity index (χ0) is 15.7. The van der Waals surface area contributed by atoms with Crippen LogP contribution in [0.5, 0.6) is 0 Å². The Morgan fingerprint density at radius 1 is 1.09 bits per heavy atom. The number of amides is 2. The normalized spacial score (nSPS) is 21.4. The number of hydrogen-bond acceptors (Lipinski definition) is 4. The summed E-state index contributed by atoms with van der Waals surface area (Å²) < 4.78 is 0.638. The molecule has 4 nitrogen and oxygen atoms in total. The molecule has 2 aliphatic heterocycles. The number of imide groups is 1. The average molecular weight is 379 g/mol. The Morgan fingerprint density at radius 2 is 1.82 bits per heavy atom. The van der Waals surface area contributed by atoms with Crippen molar-refractivity contribution in [1.82, 2.24) is 4.90 Å². The van der Waals surface area contributed by atoms with Gasteiger partial charge in [0.25, 0.3) is 0 Å². The van der Waals surface area contributed by atoms with Crippen LogP contribution in [-0.4, -0.2) is 43.7 Å². The Morgan fingerprint density at radius 3 is 2.50 bits per heavy atom. The summed E-state index contributed by atoms with van der Waals surface area (Å²) in [5, 5.41) is 1.10. The number of allylic oxidation sites excluding steroid dienone is 2. The first kappa shape index (κ1) is 15.4. The first-order valence-corrected chi connectivity index (χ1v) is 9.68. The summed E-state index contributed by atoms with van der Waals surface area (Å²) in [5.41, 5.74) is 1.20. The quantitative estimate of drug-likeness (QED) is 0.598. The fraction of sp³-hybridized carbons (Fsp3) is 0.250. The van der Waals surface area contributed by atoms with Gasteiger partial charge in [-0.3, -0.25) is 0 Å². The molecule has 0 atom stereocenters. The minimum absolute atomic E-state index is 0.0423. The van der Waals surface area contributed by atoms with Gasteiger partial charge in [0.2, 0.25) is 0 Å². The van der Waals surface area contributed by atoms with Crippen molar-refractivity contribution in [3.63, 3.8) is 0 Å². The number of anilines is 1. The summed E-state index contributed by atoms with van der Waals surface area (Å²) in [5.74, 6) is -0.132. The van der Waals surface area contributed by atoms with Crippen LogP contribution in [0.15, 0.2) is 50.8 Å². The van der Waals surface area contributed by atoms with Gasteiger partial charge in [0.15, 0.2) is 0 Å². The van der Waals surface area contributed by atoms with Crippen LogP contribution in [0, 0.1) is 0 Å². The molecular weight excluding hydrogens is 363 g/mol. The number of fused-ring (bicyclic) bond motifs is 1. The average Bonchev–Trinajstić information content (AvgIpc) is 3.01. The second-order valence-electron chi connectivity index (χ2n) is 4.77. The fourth-order valence-electron chi connectivity index (χ4n) is 2.44. The summed E-state index contributed by atoms with van der Waals surface area (Å²) in [7, 11) is 0. The molecule has 0 aliphatic carbocycles. The Hall–Kier alpha value is -1.49. The van der Waals surface area contributed by atoms with Gasteiger partial charge in [0.1, 0.15) is 0 Å². The molecule has 0 N–H and O–H groups in total. The van der Waals surface area contributed by atoms with Gasteiger partial charge in [0, 0.05) is 0 Å². The third kappa shape index (κ3) is 2.62. The summed E-state index contributed by atoms with van der Waals surface area (Å²) in [6.07, 6.45) is 3.79. The van der Waals surface area contributed by atoms with E-state index < -0.39 is 15.0 Å². The van der Waals surface area contributed by atoms with Crippen LogP contribution in [0.4, 0.5) is 10.5 Å². The Bertz CT molecular complexity index is 699. The molecule has 6 heteroatoms. The number of benzene rings is 1. The molecule has 0 bridgehead atoms. The molecule has 2 heterocycles. The third-order valence-corrected chi connectivity index (χ3v) is 6.59. The van der Waals surface area contributed by atoms with E-state index in [0.29, 0.717) is 11.0 Å². The maximum absolute atomic E-state index is 12.1. The first-order valence-electron chi connectivity index (χ1n) is 7.15. The number of thioether (sulfide) groups is 1. The SMILES string of the molecule is CCN1C(=O)[Se]/C(=C\C=C2\Sc3ccccc3N2CC)C1=O. The molecule has 114 valence electrons. The van der Waals surface area contributed by atoms with E-state index in [0.717, 1.165) is 11.6 Å². The maximum atomic E-state index is 12.1. The number of para-hydroxylation sites is 1. The molecule has 1 fully saturated rings. The summed E-state index contributed by atoms with van der Waals surface area (Å²) in [6, 6.07) is 8.27. The molecule has 0 saturated carbocycles. The van der Waals surface area contributed by atoms with Crippen molar-refractivity contribution in [1.29, 1.82) is 0 Å². The molecule has 2 amide bonds. The van der Waals surface area contributed by atoms with Crippen molar-refractivity contribution >= 4 is 43.1 Å². The predicted octanol–water partition coefficient (Wildman–Crippen LogP) is 3.03. The van der Waals surface area contributed by atoms with E-state index in [2.05, 4.69) is 24.0 Å². The Labute approximate surface area is 140 Å². The van der Waals surface area contributed by atoms with E-state index in [4.69, 9.17) is 0 Å². The first-order chi connectivity index (χ1) is 10.7. The van der Waals surface area contributed by atoms with Crippen LogP contribution in [0.1, 0.15) is 13.8 Å². The standard InChI is InChI=1S/C16H16N2O2SSe/c1-3-17-11-7-5-6-8-12(11)21-14(17)10-9-13-15(19)18(4-2)16(20)22-13/h5-10H,3-4H2,1-2H3/b13-9-,14-10+. The van der Waals surface area contributed by atoms with Crippen molar-refractivity contribution in [2.45, 2.75) is 18.7 Å². The van der Waals surface area contributed by atoms with Crippen LogP contribution < -0.4 is 4.90 Å². The van der Waals surface area contributed by atoms with Gasteiger partial charge in [-0.05, 0) is 0 Å². The van der Waals surface area contributed by atoms with Gasteiger partial charge in [0.05, 0.1) is 0 Å². The molecule has 1 saturated heterocycles. The molecule has 22 heavy (non-hydrogen) atoms. The molecule has 3 rings (SSSR count). The zero-order valence-electron chi connectivity index (χ0n) is 12.4. The van der Waals surface area contributed by atoms with E-state index in [1.807, 2.05) is 31.2 Å². The number of hydrogen-bond donors (Lipinski definition) is 0. The Balaban J connectivity index is 1.87. The summed E-state index contributed by atoms with van der Waals surface area (Å²) >= 11 is 1.31. The van der Waals surface area contributed by atoms with Crippen molar-refractivity contribution in [3.8, 4) is 0 Å². The molecular formula is C16H16N2O2SSe. The molecule has 1 aromatic rings. The van der Waals surface area contributed by atoms with Crippen molar-refractivity contribution in [3.05, 3.63) is 45.9 Å². The van der Waals surface area contributed by atoms with E-state index in [9.17, 15) is 9.59 Å². The number of carbonyl (C=O) groups is 2. The second kappa shape index (κ2) is 6.32. The van der Waals surface area contributed by atoms with Crippen LogP contribution in [-0.2, 0) is 4.79 Å². The Kier molecular flexibility index (Phi) is 4.43. The van der Waals surface area contributed by atoms with E-state index >= 15 is 0 Å².